The highest BCUT2D eigenvalue weighted by atomic mass is 16.5. The molecule has 0 aliphatic carbocycles. The number of nitrogens with one attached hydrogen (secondary N) is 1. The molecule has 4 nitrogen and oxygen atoms in total. The van der Waals surface area contributed by atoms with Crippen molar-refractivity contribution in [3.8, 4) is 0 Å². The fourth-order valence-corrected chi connectivity index (χ4v) is 1.90. The molecule has 0 heterocycles. The molecule has 0 aromatic heterocycles. The Morgan fingerprint density at radius 2 is 1.82 bits per heavy atom. The average Bonchev–Trinajstić information content (AvgIpc) is 2.33. The van der Waals surface area contributed by atoms with E-state index in [1.165, 1.54) is 12.8 Å². The molecule has 2 N–H and O–H groups in total. The van der Waals surface area contributed by atoms with Crippen LogP contribution in [-0.2, 0) is 9.47 Å². The Hall–Kier alpha value is -0.160. The summed E-state index contributed by atoms with van der Waals surface area (Å²) in [6.45, 7) is 8.65. The Kier molecular flexibility index (Phi) is 10.9. The second-order valence-corrected chi connectivity index (χ2v) is 4.50. The lowest BCUT2D eigenvalue weighted by atomic mass is 9.95. The van der Waals surface area contributed by atoms with Crippen molar-refractivity contribution in [3.05, 3.63) is 0 Å². The number of rotatable bonds is 11. The van der Waals surface area contributed by atoms with Gasteiger partial charge in [-0.2, -0.15) is 0 Å². The number of hydrogen-bond acceptors (Lipinski definition) is 4. The van der Waals surface area contributed by atoms with Crippen LogP contribution in [0.5, 0.6) is 0 Å². The first-order chi connectivity index (χ1) is 8.15. The van der Waals surface area contributed by atoms with E-state index in [1.807, 2.05) is 0 Å². The highest BCUT2D eigenvalue weighted by Crippen LogP contribution is 2.12. The van der Waals surface area contributed by atoms with Gasteiger partial charge in [-0.05, 0) is 12.8 Å². The Bertz CT molecular complexity index is 163. The fourth-order valence-electron chi connectivity index (χ4n) is 1.90. The van der Waals surface area contributed by atoms with E-state index in [9.17, 15) is 5.11 Å². The van der Waals surface area contributed by atoms with Gasteiger partial charge in [0, 0.05) is 19.7 Å². The minimum atomic E-state index is -0.441. The molecule has 0 radical (unpaired) electrons. The molecule has 0 saturated carbocycles. The molecule has 0 spiro atoms. The lowest BCUT2D eigenvalue weighted by Crippen LogP contribution is -2.39. The van der Waals surface area contributed by atoms with E-state index in [4.69, 9.17) is 9.47 Å². The van der Waals surface area contributed by atoms with Crippen LogP contribution in [0.4, 0.5) is 0 Å². The first-order valence-corrected chi connectivity index (χ1v) is 6.63. The molecule has 0 fully saturated rings. The number of hydrogen-bond donors (Lipinski definition) is 2. The molecule has 0 aliphatic rings. The molecule has 0 aromatic carbocycles. The summed E-state index contributed by atoms with van der Waals surface area (Å²) in [6, 6.07) is 0.443. The summed E-state index contributed by atoms with van der Waals surface area (Å²) in [5.74, 6) is 0.677. The summed E-state index contributed by atoms with van der Waals surface area (Å²) < 4.78 is 10.1. The zero-order valence-electron chi connectivity index (χ0n) is 11.7. The molecule has 104 valence electrons. The third kappa shape index (κ3) is 8.55. The zero-order valence-corrected chi connectivity index (χ0v) is 11.7. The van der Waals surface area contributed by atoms with Gasteiger partial charge in [0.05, 0.1) is 25.9 Å². The van der Waals surface area contributed by atoms with Crippen LogP contribution in [0.3, 0.4) is 0 Å². The monoisotopic (exact) mass is 247 g/mol. The number of methoxy groups -OCH3 is 1. The summed E-state index contributed by atoms with van der Waals surface area (Å²) >= 11 is 0. The summed E-state index contributed by atoms with van der Waals surface area (Å²) in [7, 11) is 1.64. The van der Waals surface area contributed by atoms with Gasteiger partial charge >= 0.3 is 0 Å². The topological polar surface area (TPSA) is 50.7 Å². The molecule has 2 unspecified atom stereocenters. The Labute approximate surface area is 106 Å². The van der Waals surface area contributed by atoms with Gasteiger partial charge in [0.15, 0.2) is 0 Å². The first-order valence-electron chi connectivity index (χ1n) is 6.63. The van der Waals surface area contributed by atoms with Gasteiger partial charge < -0.3 is 19.9 Å². The second kappa shape index (κ2) is 11.0. The summed E-state index contributed by atoms with van der Waals surface area (Å²) in [5.41, 5.74) is 0. The van der Waals surface area contributed by atoms with Gasteiger partial charge in [0.1, 0.15) is 0 Å². The van der Waals surface area contributed by atoms with Gasteiger partial charge in [-0.25, -0.2) is 0 Å². The van der Waals surface area contributed by atoms with E-state index in [1.54, 1.807) is 7.11 Å². The van der Waals surface area contributed by atoms with Crippen LogP contribution in [0.15, 0.2) is 0 Å². The Morgan fingerprint density at radius 1 is 1.18 bits per heavy atom. The number of ether oxygens (including phenoxy) is 2. The second-order valence-electron chi connectivity index (χ2n) is 4.50. The fraction of sp³-hybridized carbons (Fsp3) is 1.00. The first kappa shape index (κ1) is 16.8. The third-order valence-corrected chi connectivity index (χ3v) is 3.17. The summed E-state index contributed by atoms with van der Waals surface area (Å²) in [6.07, 6.45) is 1.90. The predicted octanol–water partition coefficient (Wildman–Crippen LogP) is 1.42. The molecule has 0 rings (SSSR count). The molecule has 0 aliphatic heterocycles. The van der Waals surface area contributed by atoms with E-state index >= 15 is 0 Å². The van der Waals surface area contributed by atoms with Gasteiger partial charge in [-0.15, -0.1) is 0 Å². The van der Waals surface area contributed by atoms with E-state index in [-0.39, 0.29) is 0 Å². The van der Waals surface area contributed by atoms with Gasteiger partial charge in [0.2, 0.25) is 0 Å². The summed E-state index contributed by atoms with van der Waals surface area (Å²) in [5, 5.41) is 13.1. The van der Waals surface area contributed by atoms with Gasteiger partial charge in [0.25, 0.3) is 0 Å². The quantitative estimate of drug-likeness (QED) is 0.542. The minimum absolute atomic E-state index is 0.367. The lowest BCUT2D eigenvalue weighted by molar-refractivity contribution is 0.0124. The SMILES string of the molecule is CCC(CC)C(C)NCC(O)COCCOC. The van der Waals surface area contributed by atoms with Crippen molar-refractivity contribution in [3.63, 3.8) is 0 Å². The van der Waals surface area contributed by atoms with E-state index in [2.05, 4.69) is 26.1 Å². The molecule has 0 aromatic rings. The maximum atomic E-state index is 9.70. The van der Waals surface area contributed by atoms with Crippen molar-refractivity contribution >= 4 is 0 Å². The Balaban J connectivity index is 3.57. The lowest BCUT2D eigenvalue weighted by Gasteiger charge is -2.24. The average molecular weight is 247 g/mol. The maximum Gasteiger partial charge on any atom is 0.0897 e. The van der Waals surface area contributed by atoms with E-state index < -0.39 is 6.10 Å². The Morgan fingerprint density at radius 3 is 2.35 bits per heavy atom. The van der Waals surface area contributed by atoms with Crippen molar-refractivity contribution in [2.75, 3.05) is 33.5 Å². The largest absolute Gasteiger partial charge is 0.389 e. The molecule has 0 amide bonds. The van der Waals surface area contributed by atoms with Crippen molar-refractivity contribution in [1.82, 2.24) is 5.32 Å². The van der Waals surface area contributed by atoms with E-state index in [0.29, 0.717) is 38.3 Å². The number of aliphatic hydroxyl groups is 1. The molecule has 0 bridgehead atoms. The van der Waals surface area contributed by atoms with Crippen LogP contribution in [0.25, 0.3) is 0 Å². The highest BCUT2D eigenvalue weighted by molar-refractivity contribution is 4.71. The highest BCUT2D eigenvalue weighted by Gasteiger charge is 2.14. The van der Waals surface area contributed by atoms with Crippen LogP contribution in [-0.4, -0.2) is 50.7 Å². The van der Waals surface area contributed by atoms with Crippen LogP contribution in [0.1, 0.15) is 33.6 Å². The van der Waals surface area contributed by atoms with Gasteiger partial charge in [-0.1, -0.05) is 26.7 Å². The van der Waals surface area contributed by atoms with Gasteiger partial charge in [-0.3, -0.25) is 0 Å². The third-order valence-electron chi connectivity index (χ3n) is 3.17. The summed E-state index contributed by atoms with van der Waals surface area (Å²) in [4.78, 5) is 0. The van der Waals surface area contributed by atoms with Crippen molar-refractivity contribution in [2.24, 2.45) is 5.92 Å². The minimum Gasteiger partial charge on any atom is -0.389 e. The maximum absolute atomic E-state index is 9.70. The van der Waals surface area contributed by atoms with Crippen molar-refractivity contribution < 1.29 is 14.6 Å². The standard InChI is InChI=1S/C13H29NO3/c1-5-12(6-2)11(3)14-9-13(15)10-17-8-7-16-4/h11-15H,5-10H2,1-4H3. The van der Waals surface area contributed by atoms with Crippen molar-refractivity contribution in [2.45, 2.75) is 45.8 Å². The normalized spacial score (nSPS) is 15.2. The van der Waals surface area contributed by atoms with Crippen molar-refractivity contribution in [1.29, 1.82) is 0 Å². The number of aliphatic hydroxyl groups excluding tert-OH is 1. The van der Waals surface area contributed by atoms with Crippen LogP contribution in [0, 0.1) is 5.92 Å². The van der Waals surface area contributed by atoms with Crippen LogP contribution in [0.2, 0.25) is 0 Å². The molecular formula is C13H29NO3. The molecule has 17 heavy (non-hydrogen) atoms. The molecule has 4 heteroatoms. The molecule has 0 saturated heterocycles. The smallest absolute Gasteiger partial charge is 0.0897 e. The van der Waals surface area contributed by atoms with Crippen LogP contribution < -0.4 is 5.32 Å². The van der Waals surface area contributed by atoms with Crippen LogP contribution >= 0.6 is 0 Å². The molecular weight excluding hydrogens is 218 g/mol. The van der Waals surface area contributed by atoms with E-state index in [0.717, 1.165) is 0 Å². The molecule has 2 atom stereocenters. The zero-order chi connectivity index (χ0) is 13.1. The predicted molar refractivity (Wildman–Crippen MR) is 70.2 cm³/mol.